The third-order valence-electron chi connectivity index (χ3n) is 4.27. The molecule has 1 atom stereocenters. The topological polar surface area (TPSA) is 61.1 Å². The number of Topliss-reactive ketones (excluding diaryl/α,β-unsaturated/α-hetero) is 1. The first-order valence-corrected chi connectivity index (χ1v) is 7.80. The van der Waals surface area contributed by atoms with Crippen LogP contribution in [-0.4, -0.2) is 17.5 Å². The van der Waals surface area contributed by atoms with Crippen LogP contribution in [0.3, 0.4) is 0 Å². The van der Waals surface area contributed by atoms with Crippen LogP contribution in [-0.2, 0) is 4.79 Å². The van der Waals surface area contributed by atoms with Gasteiger partial charge in [0.2, 0.25) is 0 Å². The van der Waals surface area contributed by atoms with E-state index in [2.05, 4.69) is 6.07 Å². The molecule has 1 saturated carbocycles. The molecular formula is C16H27NO2. The van der Waals surface area contributed by atoms with Crippen molar-refractivity contribution >= 4 is 5.78 Å². The summed E-state index contributed by atoms with van der Waals surface area (Å²) in [5.74, 6) is 0.115. The van der Waals surface area contributed by atoms with Crippen molar-refractivity contribution in [3.8, 4) is 6.07 Å². The van der Waals surface area contributed by atoms with Gasteiger partial charge >= 0.3 is 0 Å². The number of nitrogens with zero attached hydrogens (tertiary/aromatic N) is 1. The minimum atomic E-state index is -0.818. The number of hydrogen-bond acceptors (Lipinski definition) is 3. The Bertz CT molecular complexity index is 308. The zero-order chi connectivity index (χ0) is 14.0. The molecule has 108 valence electrons. The van der Waals surface area contributed by atoms with Crippen molar-refractivity contribution in [1.82, 2.24) is 0 Å². The Balaban J connectivity index is 2.68. The number of hydrogen-bond donors (Lipinski definition) is 1. The third kappa shape index (κ3) is 5.32. The van der Waals surface area contributed by atoms with E-state index in [0.717, 1.165) is 25.7 Å². The van der Waals surface area contributed by atoms with Crippen molar-refractivity contribution in [2.24, 2.45) is 5.41 Å². The lowest BCUT2D eigenvalue weighted by molar-refractivity contribution is -0.127. The Kier molecular flexibility index (Phi) is 7.74. The fourth-order valence-corrected chi connectivity index (χ4v) is 2.97. The summed E-state index contributed by atoms with van der Waals surface area (Å²) in [6.07, 6.45) is 11.4. The van der Waals surface area contributed by atoms with E-state index in [0.29, 0.717) is 25.7 Å². The summed E-state index contributed by atoms with van der Waals surface area (Å²) < 4.78 is 0. The van der Waals surface area contributed by atoms with Gasteiger partial charge in [-0.15, -0.1) is 0 Å². The molecule has 1 unspecified atom stereocenters. The third-order valence-corrected chi connectivity index (χ3v) is 4.27. The normalized spacial score (nSPS) is 27.1. The smallest absolute Gasteiger partial charge is 0.153 e. The number of rotatable bonds is 3. The number of carbonyl (C=O) groups excluding carboxylic acids is 1. The van der Waals surface area contributed by atoms with E-state index in [-0.39, 0.29) is 12.4 Å². The maximum atomic E-state index is 12.4. The van der Waals surface area contributed by atoms with E-state index < -0.39 is 5.41 Å². The molecule has 0 bridgehead atoms. The number of nitriles is 1. The molecule has 1 rings (SSSR count). The summed E-state index contributed by atoms with van der Waals surface area (Å²) in [4.78, 5) is 12.4. The predicted molar refractivity (Wildman–Crippen MR) is 75.5 cm³/mol. The van der Waals surface area contributed by atoms with E-state index in [4.69, 9.17) is 5.11 Å². The van der Waals surface area contributed by atoms with Gasteiger partial charge in [-0.05, 0) is 25.7 Å². The monoisotopic (exact) mass is 265 g/mol. The van der Waals surface area contributed by atoms with Crippen molar-refractivity contribution in [2.75, 3.05) is 6.61 Å². The van der Waals surface area contributed by atoms with Gasteiger partial charge in [0.15, 0.2) is 5.78 Å². The molecule has 0 heterocycles. The Morgan fingerprint density at radius 2 is 1.63 bits per heavy atom. The molecule has 0 amide bonds. The maximum Gasteiger partial charge on any atom is 0.153 e. The first-order valence-electron chi connectivity index (χ1n) is 7.80. The average Bonchev–Trinajstić information content (AvgIpc) is 2.42. The van der Waals surface area contributed by atoms with Gasteiger partial charge in [-0.2, -0.15) is 5.26 Å². The highest BCUT2D eigenvalue weighted by atomic mass is 16.3. The second-order valence-electron chi connectivity index (χ2n) is 5.77. The van der Waals surface area contributed by atoms with Gasteiger partial charge in [0.05, 0.1) is 6.07 Å². The summed E-state index contributed by atoms with van der Waals surface area (Å²) >= 11 is 0. The summed E-state index contributed by atoms with van der Waals surface area (Å²) in [7, 11) is 0. The fraction of sp³-hybridized carbons (Fsp3) is 0.875. The minimum absolute atomic E-state index is 0.0662. The van der Waals surface area contributed by atoms with Crippen LogP contribution < -0.4 is 0 Å². The second-order valence-corrected chi connectivity index (χ2v) is 5.77. The molecular weight excluding hydrogens is 238 g/mol. The number of aliphatic hydroxyl groups is 1. The van der Waals surface area contributed by atoms with Crippen LogP contribution in [0.25, 0.3) is 0 Å². The lowest BCUT2D eigenvalue weighted by atomic mass is 9.74. The van der Waals surface area contributed by atoms with Crippen LogP contribution in [0.5, 0.6) is 0 Å². The average molecular weight is 265 g/mol. The molecule has 1 fully saturated rings. The van der Waals surface area contributed by atoms with Gasteiger partial charge in [-0.3, -0.25) is 4.79 Å². The fourth-order valence-electron chi connectivity index (χ4n) is 2.97. The predicted octanol–water partition coefficient (Wildman–Crippen LogP) is 3.75. The molecule has 19 heavy (non-hydrogen) atoms. The van der Waals surface area contributed by atoms with Crippen molar-refractivity contribution < 1.29 is 9.90 Å². The second kappa shape index (κ2) is 9.09. The van der Waals surface area contributed by atoms with Gasteiger partial charge < -0.3 is 5.11 Å². The quantitative estimate of drug-likeness (QED) is 0.845. The summed E-state index contributed by atoms with van der Waals surface area (Å²) in [5, 5.41) is 18.5. The van der Waals surface area contributed by atoms with Crippen molar-refractivity contribution in [2.45, 2.75) is 77.0 Å². The first-order chi connectivity index (χ1) is 9.25. The maximum absolute atomic E-state index is 12.4. The molecule has 1 aliphatic rings. The van der Waals surface area contributed by atoms with Crippen LogP contribution in [0.2, 0.25) is 0 Å². The highest BCUT2D eigenvalue weighted by molar-refractivity contribution is 5.87. The highest BCUT2D eigenvalue weighted by Crippen LogP contribution is 2.33. The molecule has 0 spiro atoms. The number of aliphatic hydroxyl groups excluding tert-OH is 1. The Hall–Kier alpha value is -0.880. The van der Waals surface area contributed by atoms with Crippen LogP contribution in [0, 0.1) is 16.7 Å². The molecule has 3 heteroatoms. The van der Waals surface area contributed by atoms with E-state index in [1.165, 1.54) is 25.7 Å². The molecule has 0 aromatic rings. The number of ketones is 1. The first kappa shape index (κ1) is 16.2. The molecule has 0 aromatic carbocycles. The lowest BCUT2D eigenvalue weighted by Crippen LogP contribution is -2.30. The molecule has 0 radical (unpaired) electrons. The standard InChI is InChI=1S/C16H27NO2/c17-14-16(12-9-13-18)11-8-6-4-2-1-3-5-7-10-15(16)19/h18H,1-13H2. The Morgan fingerprint density at radius 1 is 1.05 bits per heavy atom. The highest BCUT2D eigenvalue weighted by Gasteiger charge is 2.36. The Morgan fingerprint density at radius 3 is 2.21 bits per heavy atom. The molecule has 1 aliphatic carbocycles. The molecule has 3 nitrogen and oxygen atoms in total. The van der Waals surface area contributed by atoms with E-state index in [9.17, 15) is 10.1 Å². The summed E-state index contributed by atoms with van der Waals surface area (Å²) in [6.45, 7) is 0.0662. The van der Waals surface area contributed by atoms with Gasteiger partial charge in [-0.1, -0.05) is 44.9 Å². The molecule has 1 N–H and O–H groups in total. The molecule has 0 aromatic heterocycles. The number of carbonyl (C=O) groups is 1. The molecule has 0 aliphatic heterocycles. The zero-order valence-electron chi connectivity index (χ0n) is 12.0. The van der Waals surface area contributed by atoms with Crippen molar-refractivity contribution in [3.05, 3.63) is 0 Å². The van der Waals surface area contributed by atoms with Crippen LogP contribution in [0.15, 0.2) is 0 Å². The largest absolute Gasteiger partial charge is 0.396 e. The minimum Gasteiger partial charge on any atom is -0.396 e. The van der Waals surface area contributed by atoms with Crippen LogP contribution in [0.4, 0.5) is 0 Å². The SMILES string of the molecule is N#CC1(CCCO)CCCCCCCCCCC1=O. The summed E-state index contributed by atoms with van der Waals surface area (Å²) in [5.41, 5.74) is -0.818. The Labute approximate surface area is 117 Å². The van der Waals surface area contributed by atoms with Crippen molar-refractivity contribution in [3.63, 3.8) is 0 Å². The zero-order valence-corrected chi connectivity index (χ0v) is 12.0. The van der Waals surface area contributed by atoms with Crippen molar-refractivity contribution in [1.29, 1.82) is 5.26 Å². The van der Waals surface area contributed by atoms with Crippen LogP contribution in [0.1, 0.15) is 77.0 Å². The molecule has 0 saturated heterocycles. The van der Waals surface area contributed by atoms with E-state index >= 15 is 0 Å². The van der Waals surface area contributed by atoms with E-state index in [1.807, 2.05) is 0 Å². The lowest BCUT2D eigenvalue weighted by Gasteiger charge is -2.25. The van der Waals surface area contributed by atoms with Gasteiger partial charge in [0.1, 0.15) is 5.41 Å². The summed E-state index contributed by atoms with van der Waals surface area (Å²) in [6, 6.07) is 2.29. The van der Waals surface area contributed by atoms with Gasteiger partial charge in [-0.25, -0.2) is 0 Å². The van der Waals surface area contributed by atoms with E-state index in [1.54, 1.807) is 0 Å². The van der Waals surface area contributed by atoms with Crippen LogP contribution >= 0.6 is 0 Å². The van der Waals surface area contributed by atoms with Gasteiger partial charge in [0.25, 0.3) is 0 Å². The van der Waals surface area contributed by atoms with Gasteiger partial charge in [0, 0.05) is 13.0 Å².